The summed E-state index contributed by atoms with van der Waals surface area (Å²) in [6.07, 6.45) is 2.44. The zero-order valence-electron chi connectivity index (χ0n) is 13.1. The van der Waals surface area contributed by atoms with Crippen LogP contribution in [0.15, 0.2) is 27.9 Å². The topological polar surface area (TPSA) is 59.8 Å². The summed E-state index contributed by atoms with van der Waals surface area (Å²) < 4.78 is 1.90. The molecule has 1 N–H and O–H groups in total. The number of Topliss-reactive ketones (excluding diaryl/α,β-unsaturated/α-hetero) is 1. The van der Waals surface area contributed by atoms with Crippen LogP contribution in [0.1, 0.15) is 42.7 Å². The van der Waals surface area contributed by atoms with Crippen LogP contribution >= 0.6 is 23.1 Å². The molecule has 0 saturated carbocycles. The van der Waals surface area contributed by atoms with Gasteiger partial charge in [0, 0.05) is 22.6 Å². The van der Waals surface area contributed by atoms with E-state index in [2.05, 4.69) is 40.7 Å². The number of aromatic nitrogens is 3. The molecule has 7 heteroatoms. The third-order valence-corrected chi connectivity index (χ3v) is 6.06. The molecule has 0 amide bonds. The monoisotopic (exact) mass is 346 g/mol. The third-order valence-electron chi connectivity index (χ3n) is 4.27. The number of carbonyl (C=O) groups excluding carboxylic acids is 1. The highest BCUT2D eigenvalue weighted by Gasteiger charge is 2.37. The quantitative estimate of drug-likeness (QED) is 0.857. The minimum Gasteiger partial charge on any atom is -0.328 e. The SMILES string of the molecule is CCSc1nc2n(n1)C(c1sccc1C)C1=C(CCCC1=O)N2. The van der Waals surface area contributed by atoms with Crippen molar-refractivity contribution in [1.82, 2.24) is 14.8 Å². The predicted molar refractivity (Wildman–Crippen MR) is 93.1 cm³/mol. The number of anilines is 1. The highest BCUT2D eigenvalue weighted by Crippen LogP contribution is 2.42. The second kappa shape index (κ2) is 5.79. The van der Waals surface area contributed by atoms with Crippen molar-refractivity contribution in [2.75, 3.05) is 11.1 Å². The molecule has 0 fully saturated rings. The first kappa shape index (κ1) is 15.0. The molecule has 1 atom stereocenters. The molecule has 0 saturated heterocycles. The predicted octanol–water partition coefficient (Wildman–Crippen LogP) is 3.78. The number of thiophene rings is 1. The van der Waals surface area contributed by atoms with Crippen LogP contribution in [-0.4, -0.2) is 26.3 Å². The van der Waals surface area contributed by atoms with Crippen molar-refractivity contribution in [3.63, 3.8) is 0 Å². The summed E-state index contributed by atoms with van der Waals surface area (Å²) in [5.41, 5.74) is 3.12. The largest absolute Gasteiger partial charge is 0.328 e. The van der Waals surface area contributed by atoms with Gasteiger partial charge >= 0.3 is 0 Å². The Bertz CT molecular complexity index is 805. The summed E-state index contributed by atoms with van der Waals surface area (Å²) in [7, 11) is 0. The minimum absolute atomic E-state index is 0.132. The van der Waals surface area contributed by atoms with E-state index in [-0.39, 0.29) is 11.8 Å². The summed E-state index contributed by atoms with van der Waals surface area (Å²) in [5, 5.41) is 10.9. The number of hydrogen-bond acceptors (Lipinski definition) is 6. The minimum atomic E-state index is -0.132. The van der Waals surface area contributed by atoms with Crippen LogP contribution in [0.3, 0.4) is 0 Å². The third kappa shape index (κ3) is 2.42. The van der Waals surface area contributed by atoms with Gasteiger partial charge < -0.3 is 5.32 Å². The van der Waals surface area contributed by atoms with Gasteiger partial charge in [-0.15, -0.1) is 16.4 Å². The molecule has 120 valence electrons. The molecule has 1 aliphatic heterocycles. The molecule has 0 spiro atoms. The van der Waals surface area contributed by atoms with Gasteiger partial charge in [0.05, 0.1) is 0 Å². The zero-order chi connectivity index (χ0) is 16.0. The van der Waals surface area contributed by atoms with Crippen molar-refractivity contribution in [1.29, 1.82) is 0 Å². The van der Waals surface area contributed by atoms with E-state index in [1.54, 1.807) is 23.1 Å². The van der Waals surface area contributed by atoms with Crippen LogP contribution in [0.5, 0.6) is 0 Å². The molecule has 4 rings (SSSR count). The molecular formula is C16H18N4OS2. The number of nitrogens with zero attached hydrogens (tertiary/aromatic N) is 3. The van der Waals surface area contributed by atoms with Crippen molar-refractivity contribution >= 4 is 34.8 Å². The molecule has 2 aromatic rings. The van der Waals surface area contributed by atoms with E-state index in [1.165, 1.54) is 10.4 Å². The van der Waals surface area contributed by atoms with E-state index in [1.807, 2.05) is 4.68 Å². The highest BCUT2D eigenvalue weighted by atomic mass is 32.2. The second-order valence-corrected chi connectivity index (χ2v) is 7.94. The number of aryl methyl sites for hydroxylation is 1. The average molecular weight is 346 g/mol. The van der Waals surface area contributed by atoms with Gasteiger partial charge in [-0.05, 0) is 42.5 Å². The molecule has 1 unspecified atom stereocenters. The second-order valence-electron chi connectivity index (χ2n) is 5.76. The number of allylic oxidation sites excluding steroid dienone is 2. The standard InChI is InChI=1S/C16H18N4OS2/c1-3-22-16-18-15-17-10-5-4-6-11(21)12(10)13(20(15)19-16)14-9(2)7-8-23-14/h7-8,13H,3-6H2,1-2H3,(H,17,18,19). The summed E-state index contributed by atoms with van der Waals surface area (Å²) in [4.78, 5) is 18.4. The fourth-order valence-electron chi connectivity index (χ4n) is 3.23. The number of rotatable bonds is 3. The number of ketones is 1. The van der Waals surface area contributed by atoms with Gasteiger partial charge in [0.25, 0.3) is 0 Å². The first-order valence-electron chi connectivity index (χ1n) is 7.85. The van der Waals surface area contributed by atoms with Crippen molar-refractivity contribution in [3.05, 3.63) is 33.2 Å². The normalized spacial score (nSPS) is 20.3. The van der Waals surface area contributed by atoms with Crippen LogP contribution in [-0.2, 0) is 4.79 Å². The summed E-state index contributed by atoms with van der Waals surface area (Å²) in [6.45, 7) is 4.19. The van der Waals surface area contributed by atoms with Crippen molar-refractivity contribution in [2.45, 2.75) is 44.3 Å². The Balaban J connectivity index is 1.89. The van der Waals surface area contributed by atoms with Gasteiger partial charge in [0.2, 0.25) is 11.1 Å². The van der Waals surface area contributed by atoms with Crippen LogP contribution < -0.4 is 5.32 Å². The lowest BCUT2D eigenvalue weighted by molar-refractivity contribution is -0.116. The highest BCUT2D eigenvalue weighted by molar-refractivity contribution is 7.99. The van der Waals surface area contributed by atoms with E-state index < -0.39 is 0 Å². The Morgan fingerprint density at radius 1 is 1.48 bits per heavy atom. The molecular weight excluding hydrogens is 328 g/mol. The van der Waals surface area contributed by atoms with Gasteiger partial charge in [0.1, 0.15) is 6.04 Å². The molecule has 2 aromatic heterocycles. The number of fused-ring (bicyclic) bond motifs is 1. The Labute approximate surface area is 143 Å². The van der Waals surface area contributed by atoms with E-state index in [0.29, 0.717) is 6.42 Å². The Morgan fingerprint density at radius 3 is 3.09 bits per heavy atom. The summed E-state index contributed by atoms with van der Waals surface area (Å²) in [6, 6.07) is 1.97. The van der Waals surface area contributed by atoms with Gasteiger partial charge in [-0.25, -0.2) is 4.68 Å². The molecule has 1 aliphatic carbocycles. The fraction of sp³-hybridized carbons (Fsp3) is 0.438. The maximum Gasteiger partial charge on any atom is 0.227 e. The van der Waals surface area contributed by atoms with Crippen LogP contribution in [0.25, 0.3) is 0 Å². The summed E-state index contributed by atoms with van der Waals surface area (Å²) in [5.74, 6) is 1.92. The Hall–Kier alpha value is -1.60. The van der Waals surface area contributed by atoms with Gasteiger partial charge in [-0.1, -0.05) is 18.7 Å². The van der Waals surface area contributed by atoms with Gasteiger partial charge in [-0.2, -0.15) is 4.98 Å². The molecule has 23 heavy (non-hydrogen) atoms. The lowest BCUT2D eigenvalue weighted by Gasteiger charge is -2.31. The molecule has 0 bridgehead atoms. The van der Waals surface area contributed by atoms with E-state index >= 15 is 0 Å². The summed E-state index contributed by atoms with van der Waals surface area (Å²) >= 11 is 3.31. The van der Waals surface area contributed by atoms with Crippen molar-refractivity contribution in [2.24, 2.45) is 0 Å². The number of thioether (sulfide) groups is 1. The Morgan fingerprint density at radius 2 is 2.35 bits per heavy atom. The van der Waals surface area contributed by atoms with E-state index in [4.69, 9.17) is 0 Å². The first-order valence-corrected chi connectivity index (χ1v) is 9.72. The smallest absolute Gasteiger partial charge is 0.227 e. The Kier molecular flexibility index (Phi) is 3.77. The van der Waals surface area contributed by atoms with Gasteiger partial charge in [-0.3, -0.25) is 4.79 Å². The van der Waals surface area contributed by atoms with Crippen molar-refractivity contribution < 1.29 is 4.79 Å². The lowest BCUT2D eigenvalue weighted by Crippen LogP contribution is -2.31. The fourth-order valence-corrected chi connectivity index (χ4v) is 4.81. The number of nitrogens with one attached hydrogen (secondary N) is 1. The molecule has 5 nitrogen and oxygen atoms in total. The van der Waals surface area contributed by atoms with E-state index in [9.17, 15) is 4.79 Å². The zero-order valence-corrected chi connectivity index (χ0v) is 14.8. The lowest BCUT2D eigenvalue weighted by atomic mass is 9.87. The van der Waals surface area contributed by atoms with E-state index in [0.717, 1.165) is 41.0 Å². The van der Waals surface area contributed by atoms with Crippen LogP contribution in [0, 0.1) is 6.92 Å². The van der Waals surface area contributed by atoms with Crippen LogP contribution in [0.2, 0.25) is 0 Å². The molecule has 0 aromatic carbocycles. The number of carbonyl (C=O) groups is 1. The maximum absolute atomic E-state index is 12.6. The molecule has 0 radical (unpaired) electrons. The van der Waals surface area contributed by atoms with Gasteiger partial charge in [0.15, 0.2) is 5.78 Å². The average Bonchev–Trinajstić information content (AvgIpc) is 3.11. The first-order chi connectivity index (χ1) is 11.2. The molecule has 3 heterocycles. The molecule has 2 aliphatic rings. The maximum atomic E-state index is 12.6. The number of hydrogen-bond donors (Lipinski definition) is 1. The van der Waals surface area contributed by atoms with Crippen LogP contribution in [0.4, 0.5) is 5.95 Å². The van der Waals surface area contributed by atoms with Crippen molar-refractivity contribution in [3.8, 4) is 0 Å².